The second kappa shape index (κ2) is 16.5. The van der Waals surface area contributed by atoms with Crippen molar-refractivity contribution < 1.29 is 0 Å². The minimum atomic E-state index is 0.389. The molecule has 1 aliphatic carbocycles. The van der Waals surface area contributed by atoms with Crippen molar-refractivity contribution in [2.45, 2.75) is 113 Å². The van der Waals surface area contributed by atoms with Gasteiger partial charge in [0.1, 0.15) is 0 Å². The molecule has 0 aromatic heterocycles. The zero-order valence-corrected chi connectivity index (χ0v) is 19.7. The van der Waals surface area contributed by atoms with Gasteiger partial charge in [-0.1, -0.05) is 38.5 Å². The first-order chi connectivity index (χ1) is 9.25. The van der Waals surface area contributed by atoms with E-state index in [9.17, 15) is 0 Å². The van der Waals surface area contributed by atoms with Crippen LogP contribution in [0.5, 0.6) is 0 Å². The van der Waals surface area contributed by atoms with E-state index in [1.807, 2.05) is 0 Å². The molecule has 0 atom stereocenters. The van der Waals surface area contributed by atoms with E-state index >= 15 is 0 Å². The molecule has 1 saturated carbocycles. The molecule has 0 spiro atoms. The molecular weight excluding hydrogens is 366 g/mol. The summed E-state index contributed by atoms with van der Waals surface area (Å²) in [4.78, 5) is 0. The van der Waals surface area contributed by atoms with Crippen molar-refractivity contribution in [2.24, 2.45) is 0 Å². The van der Waals surface area contributed by atoms with Gasteiger partial charge in [-0.2, -0.15) is 0 Å². The van der Waals surface area contributed by atoms with Crippen LogP contribution >= 0.6 is 0 Å². The Morgan fingerprint density at radius 1 is 0.400 bits per heavy atom. The summed E-state index contributed by atoms with van der Waals surface area (Å²) in [6.07, 6.45) is 9.00. The molecule has 0 bridgehead atoms. The molecule has 1 rings (SSSR count). The zero-order valence-electron chi connectivity index (χ0n) is 15.6. The van der Waals surface area contributed by atoms with Crippen molar-refractivity contribution in [3.05, 3.63) is 0 Å². The summed E-state index contributed by atoms with van der Waals surface area (Å²) >= 11 is 0.778. The molecule has 0 nitrogen and oxygen atoms in total. The van der Waals surface area contributed by atoms with E-state index in [0.717, 1.165) is 18.8 Å². The van der Waals surface area contributed by atoms with Crippen LogP contribution in [0, 0.1) is 0 Å². The molecule has 0 N–H and O–H groups in total. The van der Waals surface area contributed by atoms with Crippen LogP contribution in [0.4, 0.5) is 0 Å². The zero-order chi connectivity index (χ0) is 16.0. The van der Waals surface area contributed by atoms with Gasteiger partial charge in [0.2, 0.25) is 0 Å². The van der Waals surface area contributed by atoms with E-state index in [0.29, 0.717) is 31.5 Å². The fraction of sp³-hybridized carbons (Fsp3) is 1.00. The van der Waals surface area contributed by atoms with Crippen LogP contribution in [-0.4, -0.2) is 31.5 Å². The Hall–Kier alpha value is 1.12. The Bertz CT molecular complexity index is 133. The summed E-state index contributed by atoms with van der Waals surface area (Å²) in [7, 11) is 0. The molecule has 0 saturated heterocycles. The van der Waals surface area contributed by atoms with E-state index in [1.165, 1.54) is 38.5 Å². The molecule has 0 aromatic carbocycles. The van der Waals surface area contributed by atoms with Crippen LogP contribution < -0.4 is 0 Å². The summed E-state index contributed by atoms with van der Waals surface area (Å²) in [6.45, 7) is 18.6. The van der Waals surface area contributed by atoms with Gasteiger partial charge in [-0.05, 0) is 0 Å². The Kier molecular flexibility index (Phi) is 19.3. The van der Waals surface area contributed by atoms with Gasteiger partial charge in [-0.3, -0.25) is 0 Å². The van der Waals surface area contributed by atoms with Crippen molar-refractivity contribution in [3.63, 3.8) is 0 Å². The van der Waals surface area contributed by atoms with E-state index in [-0.39, 0.29) is 0 Å². The maximum absolute atomic E-state index is 2.32. The molecule has 0 heterocycles. The van der Waals surface area contributed by atoms with E-state index in [1.54, 1.807) is 0 Å². The first-order valence-corrected chi connectivity index (χ1v) is 13.6. The van der Waals surface area contributed by atoms with E-state index < -0.39 is 0 Å². The molecular formula is C18H42As2. The fourth-order valence-electron chi connectivity index (χ4n) is 2.39. The number of hydrogen-bond donors (Lipinski definition) is 0. The van der Waals surface area contributed by atoms with Crippen LogP contribution in [-0.2, 0) is 0 Å². The van der Waals surface area contributed by atoms with Crippen LogP contribution in [0.2, 0.25) is 18.8 Å². The SMILES string of the molecule is C1CCCCC1.CC(C)[AsH]C(C)C.CC(C)[AsH]C(C)C. The van der Waals surface area contributed by atoms with Crippen LogP contribution in [0.15, 0.2) is 0 Å². The second-order valence-electron chi connectivity index (χ2n) is 7.07. The monoisotopic (exact) mass is 408 g/mol. The standard InChI is InChI=1S/2C6H15As.C6H12/c2*1-5(2)7-6(3)4;1-2-4-6-5-3-1/h2*5-7H,1-4H3;1-6H2. The molecule has 0 radical (unpaired) electrons. The van der Waals surface area contributed by atoms with Gasteiger partial charge in [0.25, 0.3) is 0 Å². The molecule has 2 heteroatoms. The van der Waals surface area contributed by atoms with Gasteiger partial charge in [0, 0.05) is 0 Å². The first-order valence-electron chi connectivity index (χ1n) is 8.77. The molecule has 124 valence electrons. The van der Waals surface area contributed by atoms with Gasteiger partial charge in [-0.15, -0.1) is 0 Å². The average Bonchev–Trinajstić information content (AvgIpc) is 2.29. The van der Waals surface area contributed by atoms with Crippen molar-refractivity contribution in [1.29, 1.82) is 0 Å². The number of hydrogen-bond acceptors (Lipinski definition) is 0. The van der Waals surface area contributed by atoms with Crippen LogP contribution in [0.1, 0.15) is 93.9 Å². The van der Waals surface area contributed by atoms with Gasteiger partial charge in [0.15, 0.2) is 0 Å². The molecule has 0 aliphatic heterocycles. The number of rotatable bonds is 4. The van der Waals surface area contributed by atoms with Gasteiger partial charge < -0.3 is 0 Å². The fourth-order valence-corrected chi connectivity index (χ4v) is 7.99. The first kappa shape index (κ1) is 23.4. The quantitative estimate of drug-likeness (QED) is 0.466. The second-order valence-corrected chi connectivity index (χ2v) is 18.2. The molecule has 0 amide bonds. The summed E-state index contributed by atoms with van der Waals surface area (Å²) in [5.74, 6) is 0. The van der Waals surface area contributed by atoms with Gasteiger partial charge >= 0.3 is 106 Å². The predicted octanol–water partition coefficient (Wildman–Crippen LogP) is 6.50. The topological polar surface area (TPSA) is 0 Å². The summed E-state index contributed by atoms with van der Waals surface area (Å²) in [6, 6.07) is 0. The molecule has 1 aliphatic rings. The normalized spacial score (nSPS) is 15.0. The predicted molar refractivity (Wildman–Crippen MR) is 102 cm³/mol. The van der Waals surface area contributed by atoms with Crippen molar-refractivity contribution in [1.82, 2.24) is 0 Å². The third-order valence-electron chi connectivity index (χ3n) is 2.83. The van der Waals surface area contributed by atoms with Crippen molar-refractivity contribution in [2.75, 3.05) is 0 Å². The van der Waals surface area contributed by atoms with Crippen molar-refractivity contribution >= 4 is 31.5 Å². The Labute approximate surface area is 144 Å². The molecule has 20 heavy (non-hydrogen) atoms. The van der Waals surface area contributed by atoms with E-state index in [4.69, 9.17) is 0 Å². The van der Waals surface area contributed by atoms with Gasteiger partial charge in [-0.25, -0.2) is 0 Å². The summed E-state index contributed by atoms with van der Waals surface area (Å²) < 4.78 is 4.00. The molecule has 0 unspecified atom stereocenters. The van der Waals surface area contributed by atoms with Gasteiger partial charge in [0.05, 0.1) is 0 Å². The Morgan fingerprint density at radius 3 is 0.600 bits per heavy atom. The van der Waals surface area contributed by atoms with Crippen LogP contribution in [0.25, 0.3) is 0 Å². The Morgan fingerprint density at radius 2 is 0.550 bits per heavy atom. The summed E-state index contributed by atoms with van der Waals surface area (Å²) in [5.41, 5.74) is 0. The summed E-state index contributed by atoms with van der Waals surface area (Å²) in [5, 5.41) is 0. The van der Waals surface area contributed by atoms with E-state index in [2.05, 4.69) is 55.4 Å². The third kappa shape index (κ3) is 27.5. The average molecular weight is 408 g/mol. The minimum absolute atomic E-state index is 0.389. The third-order valence-corrected chi connectivity index (χ3v) is 8.43. The molecule has 1 fully saturated rings. The van der Waals surface area contributed by atoms with Crippen molar-refractivity contribution in [3.8, 4) is 0 Å². The maximum atomic E-state index is 2.32. The Balaban J connectivity index is 0. The molecule has 0 aromatic rings. The van der Waals surface area contributed by atoms with Crippen LogP contribution in [0.3, 0.4) is 0 Å².